The van der Waals surface area contributed by atoms with E-state index in [1.807, 2.05) is 30.3 Å². The Morgan fingerprint density at radius 1 is 1.33 bits per heavy atom. The average molecular weight is 204 g/mol. The van der Waals surface area contributed by atoms with Gasteiger partial charge in [0, 0.05) is 0 Å². The van der Waals surface area contributed by atoms with Crippen LogP contribution in [0.15, 0.2) is 35.1 Å². The number of aromatic amines is 2. The molecule has 0 unspecified atom stereocenters. The lowest BCUT2D eigenvalue weighted by atomic mass is 10.1. The van der Waals surface area contributed by atoms with Gasteiger partial charge in [-0.3, -0.25) is 4.98 Å². The van der Waals surface area contributed by atoms with E-state index in [9.17, 15) is 4.79 Å². The van der Waals surface area contributed by atoms with Gasteiger partial charge in [-0.25, -0.2) is 9.89 Å². The Bertz CT molecular complexity index is 473. The predicted octanol–water partition coefficient (Wildman–Crippen LogP) is 0.340. The van der Waals surface area contributed by atoms with Crippen LogP contribution in [0, 0.1) is 0 Å². The molecule has 4 N–H and O–H groups in total. The van der Waals surface area contributed by atoms with Crippen LogP contribution in [0.2, 0.25) is 0 Å². The monoisotopic (exact) mass is 204 g/mol. The summed E-state index contributed by atoms with van der Waals surface area (Å²) in [5.41, 5.74) is 6.68. The lowest BCUT2D eigenvalue weighted by molar-refractivity contribution is 0.671. The third-order valence-electron chi connectivity index (χ3n) is 2.17. The summed E-state index contributed by atoms with van der Waals surface area (Å²) in [6.07, 6.45) is 0.654. The summed E-state index contributed by atoms with van der Waals surface area (Å²) < 4.78 is 0. The Labute approximate surface area is 86.3 Å². The number of nitrogens with two attached hydrogens (primary N) is 1. The molecule has 0 saturated heterocycles. The molecule has 0 saturated carbocycles. The normalized spacial score (nSPS) is 12.6. The van der Waals surface area contributed by atoms with E-state index in [0.717, 1.165) is 5.56 Å². The topological polar surface area (TPSA) is 87.6 Å². The van der Waals surface area contributed by atoms with E-state index in [2.05, 4.69) is 15.2 Å². The zero-order chi connectivity index (χ0) is 10.7. The van der Waals surface area contributed by atoms with Gasteiger partial charge < -0.3 is 5.73 Å². The van der Waals surface area contributed by atoms with Crippen molar-refractivity contribution in [1.82, 2.24) is 15.2 Å². The molecule has 0 amide bonds. The van der Waals surface area contributed by atoms with Crippen molar-refractivity contribution in [1.29, 1.82) is 0 Å². The van der Waals surface area contributed by atoms with E-state index in [1.54, 1.807) is 0 Å². The van der Waals surface area contributed by atoms with Crippen molar-refractivity contribution in [3.63, 3.8) is 0 Å². The van der Waals surface area contributed by atoms with Gasteiger partial charge in [0.25, 0.3) is 0 Å². The minimum Gasteiger partial charge on any atom is -0.321 e. The molecule has 5 nitrogen and oxygen atoms in total. The van der Waals surface area contributed by atoms with Gasteiger partial charge in [-0.2, -0.15) is 5.10 Å². The van der Waals surface area contributed by atoms with Crippen LogP contribution in [0.3, 0.4) is 0 Å². The Balaban J connectivity index is 2.10. The molecule has 78 valence electrons. The number of nitrogens with zero attached hydrogens (tertiary/aromatic N) is 1. The maximum atomic E-state index is 10.8. The van der Waals surface area contributed by atoms with Gasteiger partial charge >= 0.3 is 5.69 Å². The maximum Gasteiger partial charge on any atom is 0.340 e. The molecule has 2 aromatic rings. The molecule has 0 aliphatic carbocycles. The zero-order valence-corrected chi connectivity index (χ0v) is 8.10. The van der Waals surface area contributed by atoms with E-state index < -0.39 is 0 Å². The van der Waals surface area contributed by atoms with Crippen LogP contribution in [-0.4, -0.2) is 15.2 Å². The second-order valence-electron chi connectivity index (χ2n) is 3.36. The molecule has 1 aromatic heterocycles. The fourth-order valence-corrected chi connectivity index (χ4v) is 1.42. The molecular formula is C10H12N4O. The Morgan fingerprint density at radius 3 is 2.67 bits per heavy atom. The first-order valence-corrected chi connectivity index (χ1v) is 4.70. The molecular weight excluding hydrogens is 192 g/mol. The summed E-state index contributed by atoms with van der Waals surface area (Å²) in [7, 11) is 0. The van der Waals surface area contributed by atoms with Crippen LogP contribution < -0.4 is 11.4 Å². The number of hydrogen-bond acceptors (Lipinski definition) is 3. The number of nitrogens with one attached hydrogen (secondary N) is 2. The van der Waals surface area contributed by atoms with Gasteiger partial charge in [0.05, 0.1) is 6.04 Å². The highest BCUT2D eigenvalue weighted by atomic mass is 16.1. The lowest BCUT2D eigenvalue weighted by Crippen LogP contribution is -2.15. The van der Waals surface area contributed by atoms with Gasteiger partial charge in [0.1, 0.15) is 5.82 Å². The molecule has 0 bridgehead atoms. The van der Waals surface area contributed by atoms with Crippen LogP contribution in [0.4, 0.5) is 0 Å². The van der Waals surface area contributed by atoms with E-state index >= 15 is 0 Å². The Morgan fingerprint density at radius 2 is 2.07 bits per heavy atom. The SMILES string of the molecule is N[C@@H](Cc1ccccc1)c1n[nH]c(=O)[nH]1. The minimum atomic E-state index is -0.325. The van der Waals surface area contributed by atoms with Crippen molar-refractivity contribution in [2.45, 2.75) is 12.5 Å². The highest BCUT2D eigenvalue weighted by Gasteiger charge is 2.10. The second-order valence-corrected chi connectivity index (χ2v) is 3.36. The first kappa shape index (κ1) is 9.67. The van der Waals surface area contributed by atoms with Gasteiger partial charge in [-0.05, 0) is 12.0 Å². The van der Waals surface area contributed by atoms with E-state index in [4.69, 9.17) is 5.73 Å². The number of hydrogen-bond donors (Lipinski definition) is 3. The number of rotatable bonds is 3. The zero-order valence-electron chi connectivity index (χ0n) is 8.10. The smallest absolute Gasteiger partial charge is 0.321 e. The molecule has 0 spiro atoms. The summed E-state index contributed by atoms with van der Waals surface area (Å²) in [5, 5.41) is 6.09. The van der Waals surface area contributed by atoms with E-state index in [-0.39, 0.29) is 11.7 Å². The standard InChI is InChI=1S/C10H12N4O/c11-8(9-12-10(15)14-13-9)6-7-4-2-1-3-5-7/h1-5,8H,6,11H2,(H2,12,13,14,15)/t8-/m0/s1. The number of H-pyrrole nitrogens is 2. The summed E-state index contributed by atoms with van der Waals surface area (Å²) in [6, 6.07) is 9.55. The van der Waals surface area contributed by atoms with Crippen molar-refractivity contribution < 1.29 is 0 Å². The van der Waals surface area contributed by atoms with Gasteiger partial charge in [-0.1, -0.05) is 30.3 Å². The Hall–Kier alpha value is -1.88. The summed E-state index contributed by atoms with van der Waals surface area (Å²) in [6.45, 7) is 0. The van der Waals surface area contributed by atoms with Crippen molar-refractivity contribution in [3.05, 3.63) is 52.2 Å². The third kappa shape index (κ3) is 2.32. The molecule has 2 rings (SSSR count). The number of benzene rings is 1. The van der Waals surface area contributed by atoms with Crippen molar-refractivity contribution >= 4 is 0 Å². The predicted molar refractivity (Wildman–Crippen MR) is 56.3 cm³/mol. The fraction of sp³-hybridized carbons (Fsp3) is 0.200. The van der Waals surface area contributed by atoms with Crippen LogP contribution in [0.5, 0.6) is 0 Å². The third-order valence-corrected chi connectivity index (χ3v) is 2.17. The first-order chi connectivity index (χ1) is 7.25. The number of aromatic nitrogens is 3. The quantitative estimate of drug-likeness (QED) is 0.673. The molecule has 0 radical (unpaired) electrons. The van der Waals surface area contributed by atoms with Crippen LogP contribution in [0.25, 0.3) is 0 Å². The average Bonchev–Trinajstić information content (AvgIpc) is 2.66. The van der Waals surface area contributed by atoms with Crippen LogP contribution in [-0.2, 0) is 6.42 Å². The highest BCUT2D eigenvalue weighted by molar-refractivity contribution is 5.16. The van der Waals surface area contributed by atoms with E-state index in [1.165, 1.54) is 0 Å². The Kier molecular flexibility index (Phi) is 2.64. The maximum absolute atomic E-state index is 10.8. The van der Waals surface area contributed by atoms with Gasteiger partial charge in [0.2, 0.25) is 0 Å². The molecule has 1 aromatic carbocycles. The molecule has 5 heteroatoms. The first-order valence-electron chi connectivity index (χ1n) is 4.70. The van der Waals surface area contributed by atoms with Crippen LogP contribution >= 0.6 is 0 Å². The summed E-state index contributed by atoms with van der Waals surface area (Å²) in [4.78, 5) is 13.4. The molecule has 1 atom stereocenters. The minimum absolute atomic E-state index is 0.286. The van der Waals surface area contributed by atoms with E-state index in [0.29, 0.717) is 12.2 Å². The van der Waals surface area contributed by atoms with Gasteiger partial charge in [-0.15, -0.1) is 0 Å². The van der Waals surface area contributed by atoms with Crippen LogP contribution in [0.1, 0.15) is 17.4 Å². The van der Waals surface area contributed by atoms with Crippen molar-refractivity contribution in [2.75, 3.05) is 0 Å². The van der Waals surface area contributed by atoms with Crippen molar-refractivity contribution in [2.24, 2.45) is 5.73 Å². The largest absolute Gasteiger partial charge is 0.340 e. The van der Waals surface area contributed by atoms with Gasteiger partial charge in [0.15, 0.2) is 0 Å². The molecule has 15 heavy (non-hydrogen) atoms. The fourth-order valence-electron chi connectivity index (χ4n) is 1.42. The second kappa shape index (κ2) is 4.10. The lowest BCUT2D eigenvalue weighted by Gasteiger charge is -2.07. The van der Waals surface area contributed by atoms with Crippen molar-refractivity contribution in [3.8, 4) is 0 Å². The molecule has 0 fully saturated rings. The molecule has 0 aliphatic rings. The molecule has 1 heterocycles. The molecule has 0 aliphatic heterocycles. The summed E-state index contributed by atoms with van der Waals surface area (Å²) in [5.74, 6) is 0.490. The summed E-state index contributed by atoms with van der Waals surface area (Å²) >= 11 is 0. The highest BCUT2D eigenvalue weighted by Crippen LogP contribution is 2.10.